The lowest BCUT2D eigenvalue weighted by atomic mass is 9.89. The molecule has 0 nitrogen and oxygen atoms in total. The fourth-order valence-corrected chi connectivity index (χ4v) is 1.58. The smallest absolute Gasteiger partial charge is 0.0277 e. The van der Waals surface area contributed by atoms with Crippen molar-refractivity contribution in [2.75, 3.05) is 0 Å². The van der Waals surface area contributed by atoms with Gasteiger partial charge in [-0.3, -0.25) is 0 Å². The van der Waals surface area contributed by atoms with Crippen molar-refractivity contribution in [2.24, 2.45) is 11.3 Å². The fraction of sp³-hybridized carbons (Fsp3) is 0.750. The van der Waals surface area contributed by atoms with Crippen LogP contribution < -0.4 is 0 Å². The average molecular weight is 224 g/mol. The highest BCUT2D eigenvalue weighted by molar-refractivity contribution is 4.91. The molecule has 0 aliphatic heterocycles. The number of hydrogen-bond acceptors (Lipinski definition) is 0. The summed E-state index contributed by atoms with van der Waals surface area (Å²) in [6.07, 6.45) is 6.95. The standard InChI is InChI=1S/2C8H16/c1-7(2)6-8(3,4)5;1-4-5-6-7-8(2)3/h1,6H2,2-5H3;4,8H,1,5-7H2,2-3H3. The zero-order valence-electron chi connectivity index (χ0n) is 12.4. The van der Waals surface area contributed by atoms with Crippen molar-refractivity contribution in [3.05, 3.63) is 24.8 Å². The molecule has 0 unspecified atom stereocenters. The molecule has 0 rings (SSSR count). The lowest BCUT2D eigenvalue weighted by Gasteiger charge is -2.17. The van der Waals surface area contributed by atoms with Gasteiger partial charge in [-0.2, -0.15) is 0 Å². The summed E-state index contributed by atoms with van der Waals surface area (Å²) in [6, 6.07) is 0. The van der Waals surface area contributed by atoms with E-state index in [0.717, 1.165) is 12.3 Å². The van der Waals surface area contributed by atoms with Crippen LogP contribution in [0.5, 0.6) is 0 Å². The van der Waals surface area contributed by atoms with E-state index in [2.05, 4.69) is 54.7 Å². The molecule has 0 amide bonds. The third-order valence-electron chi connectivity index (χ3n) is 2.02. The van der Waals surface area contributed by atoms with Gasteiger partial charge in [0.05, 0.1) is 0 Å². The Morgan fingerprint density at radius 2 is 1.75 bits per heavy atom. The van der Waals surface area contributed by atoms with E-state index in [1.165, 1.54) is 24.8 Å². The topological polar surface area (TPSA) is 0 Å². The highest BCUT2D eigenvalue weighted by atomic mass is 14.1. The second-order valence-corrected chi connectivity index (χ2v) is 6.31. The van der Waals surface area contributed by atoms with Crippen molar-refractivity contribution < 1.29 is 0 Å². The monoisotopic (exact) mass is 224 g/mol. The molecule has 0 atom stereocenters. The van der Waals surface area contributed by atoms with Crippen molar-refractivity contribution in [1.29, 1.82) is 0 Å². The van der Waals surface area contributed by atoms with Crippen LogP contribution >= 0.6 is 0 Å². The van der Waals surface area contributed by atoms with Gasteiger partial charge < -0.3 is 0 Å². The van der Waals surface area contributed by atoms with Crippen molar-refractivity contribution >= 4 is 0 Å². The number of unbranched alkanes of at least 4 members (excludes halogenated alkanes) is 1. The van der Waals surface area contributed by atoms with E-state index in [1.54, 1.807) is 0 Å². The minimum absolute atomic E-state index is 0.422. The lowest BCUT2D eigenvalue weighted by molar-refractivity contribution is 0.410. The second kappa shape index (κ2) is 9.69. The molecule has 0 aliphatic rings. The summed E-state index contributed by atoms with van der Waals surface area (Å²) in [5.74, 6) is 0.856. The Kier molecular flexibility index (Phi) is 10.8. The van der Waals surface area contributed by atoms with Crippen LogP contribution in [0, 0.1) is 11.3 Å². The number of hydrogen-bond donors (Lipinski definition) is 0. The van der Waals surface area contributed by atoms with Crippen LogP contribution in [0.3, 0.4) is 0 Å². The third-order valence-corrected chi connectivity index (χ3v) is 2.02. The van der Waals surface area contributed by atoms with E-state index in [9.17, 15) is 0 Å². The van der Waals surface area contributed by atoms with Gasteiger partial charge in [0, 0.05) is 0 Å². The first-order chi connectivity index (χ1) is 7.19. The molecule has 0 bridgehead atoms. The van der Waals surface area contributed by atoms with Crippen LogP contribution in [0.25, 0.3) is 0 Å². The first-order valence-electron chi connectivity index (χ1n) is 6.44. The maximum atomic E-state index is 3.84. The van der Waals surface area contributed by atoms with E-state index in [4.69, 9.17) is 0 Å². The van der Waals surface area contributed by atoms with E-state index >= 15 is 0 Å². The quantitative estimate of drug-likeness (QED) is 0.397. The Hall–Kier alpha value is -0.520. The van der Waals surface area contributed by atoms with E-state index < -0.39 is 0 Å². The summed E-state index contributed by atoms with van der Waals surface area (Å²) in [7, 11) is 0. The zero-order valence-corrected chi connectivity index (χ0v) is 12.4. The molecule has 0 aliphatic carbocycles. The highest BCUT2D eigenvalue weighted by Gasteiger charge is 2.08. The molecule has 0 fully saturated rings. The Morgan fingerprint density at radius 1 is 1.25 bits per heavy atom. The molecule has 96 valence electrons. The van der Waals surface area contributed by atoms with Crippen molar-refractivity contribution in [2.45, 2.75) is 67.2 Å². The summed E-state index contributed by atoms with van der Waals surface area (Å²) in [4.78, 5) is 0. The highest BCUT2D eigenvalue weighted by Crippen LogP contribution is 2.22. The minimum atomic E-state index is 0.422. The fourth-order valence-electron chi connectivity index (χ4n) is 1.58. The molecular formula is C16H32. The maximum Gasteiger partial charge on any atom is -0.0277 e. The van der Waals surface area contributed by atoms with Gasteiger partial charge >= 0.3 is 0 Å². The second-order valence-electron chi connectivity index (χ2n) is 6.31. The molecule has 0 saturated carbocycles. The molecule has 0 radical (unpaired) electrons. The summed E-state index contributed by atoms with van der Waals surface area (Å²) in [5, 5.41) is 0. The van der Waals surface area contributed by atoms with E-state index in [1.807, 2.05) is 6.08 Å². The predicted octanol–water partition coefficient (Wildman–Crippen LogP) is 6.00. The van der Waals surface area contributed by atoms with Crippen LogP contribution in [0.1, 0.15) is 67.2 Å². The Morgan fingerprint density at radius 3 is 1.94 bits per heavy atom. The molecule has 0 aromatic carbocycles. The summed E-state index contributed by atoms with van der Waals surface area (Å²) in [6.45, 7) is 20.8. The minimum Gasteiger partial charge on any atom is -0.103 e. The van der Waals surface area contributed by atoms with Gasteiger partial charge in [-0.1, -0.05) is 52.7 Å². The summed E-state index contributed by atoms with van der Waals surface area (Å²) >= 11 is 0. The van der Waals surface area contributed by atoms with E-state index in [0.29, 0.717) is 5.41 Å². The Labute approximate surface area is 104 Å². The molecule has 0 N–H and O–H groups in total. The molecule has 0 spiro atoms. The van der Waals surface area contributed by atoms with E-state index in [-0.39, 0.29) is 0 Å². The van der Waals surface area contributed by atoms with Gasteiger partial charge in [-0.15, -0.1) is 13.2 Å². The third kappa shape index (κ3) is 23.4. The normalized spacial score (nSPS) is 10.7. The summed E-state index contributed by atoms with van der Waals surface area (Å²) in [5.41, 5.74) is 1.70. The van der Waals surface area contributed by atoms with Gasteiger partial charge in [0.2, 0.25) is 0 Å². The van der Waals surface area contributed by atoms with Gasteiger partial charge in [0.1, 0.15) is 0 Å². The Balaban J connectivity index is 0. The van der Waals surface area contributed by atoms with Crippen molar-refractivity contribution in [3.63, 3.8) is 0 Å². The summed E-state index contributed by atoms with van der Waals surface area (Å²) < 4.78 is 0. The molecule has 0 aromatic rings. The molecule has 0 aromatic heterocycles. The van der Waals surface area contributed by atoms with Crippen LogP contribution in [-0.2, 0) is 0 Å². The number of allylic oxidation sites excluding steroid dienone is 2. The maximum absolute atomic E-state index is 3.84. The first kappa shape index (κ1) is 17.9. The molecular weight excluding hydrogens is 192 g/mol. The van der Waals surface area contributed by atoms with Gasteiger partial charge in [0.15, 0.2) is 0 Å². The van der Waals surface area contributed by atoms with Gasteiger partial charge in [-0.05, 0) is 37.5 Å². The molecule has 0 heteroatoms. The lowest BCUT2D eigenvalue weighted by Crippen LogP contribution is -2.03. The van der Waals surface area contributed by atoms with Crippen molar-refractivity contribution in [3.8, 4) is 0 Å². The molecule has 0 saturated heterocycles. The van der Waals surface area contributed by atoms with Crippen LogP contribution in [0.2, 0.25) is 0 Å². The molecule has 0 heterocycles. The van der Waals surface area contributed by atoms with Crippen molar-refractivity contribution in [1.82, 2.24) is 0 Å². The largest absolute Gasteiger partial charge is 0.103 e. The van der Waals surface area contributed by atoms with Crippen LogP contribution in [0.4, 0.5) is 0 Å². The average Bonchev–Trinajstić information content (AvgIpc) is 2.00. The molecule has 16 heavy (non-hydrogen) atoms. The van der Waals surface area contributed by atoms with Crippen LogP contribution in [0.15, 0.2) is 24.8 Å². The number of rotatable bonds is 5. The SMILES string of the molecule is C=C(C)CC(C)(C)C.C=CCCCC(C)C. The van der Waals surface area contributed by atoms with Gasteiger partial charge in [-0.25, -0.2) is 0 Å². The predicted molar refractivity (Wildman–Crippen MR) is 77.8 cm³/mol. The van der Waals surface area contributed by atoms with Crippen LogP contribution in [-0.4, -0.2) is 0 Å². The Bertz CT molecular complexity index is 179. The zero-order chi connectivity index (χ0) is 13.2. The van der Waals surface area contributed by atoms with Gasteiger partial charge in [0.25, 0.3) is 0 Å². The first-order valence-corrected chi connectivity index (χ1v) is 6.44.